The fraction of sp³-hybridized carbons (Fsp3) is 1.00. The normalized spacial score (nSPS) is 16.6. The Bertz CT molecular complexity index is 129. The maximum Gasteiger partial charge on any atom is -0.00231 e. The minimum absolute atomic E-state index is 0.373. The molecule has 1 atom stereocenters. The molecule has 0 rings (SSSR count). The summed E-state index contributed by atoms with van der Waals surface area (Å²) in [5, 5.41) is 0. The molecular weight excluding hydrogens is 158 g/mol. The smallest absolute Gasteiger partial charge is 0.00231 e. The summed E-state index contributed by atoms with van der Waals surface area (Å²) in [7, 11) is 0. The molecule has 0 saturated carbocycles. The predicted molar refractivity (Wildman–Crippen MR) is 60.7 cm³/mol. The summed E-state index contributed by atoms with van der Waals surface area (Å²) in [6, 6.07) is 0. The van der Waals surface area contributed by atoms with E-state index in [0.717, 1.165) is 18.4 Å². The first-order valence-electron chi connectivity index (χ1n) is 5.59. The van der Waals surface area contributed by atoms with Crippen molar-refractivity contribution in [2.75, 3.05) is 6.54 Å². The third-order valence-corrected chi connectivity index (χ3v) is 2.72. The Labute approximate surface area is 84.1 Å². The Hall–Kier alpha value is -0.0400. The first kappa shape index (κ1) is 13.0. The summed E-state index contributed by atoms with van der Waals surface area (Å²) in [6.45, 7) is 12.3. The molecule has 0 aliphatic rings. The van der Waals surface area contributed by atoms with Crippen LogP contribution >= 0.6 is 0 Å². The van der Waals surface area contributed by atoms with Crippen LogP contribution in [0.15, 0.2) is 0 Å². The fourth-order valence-electron chi connectivity index (χ4n) is 1.91. The summed E-state index contributed by atoms with van der Waals surface area (Å²) in [5.41, 5.74) is 6.21. The van der Waals surface area contributed by atoms with Gasteiger partial charge in [0.2, 0.25) is 0 Å². The molecule has 0 aliphatic carbocycles. The largest absolute Gasteiger partial charge is 0.330 e. The minimum atomic E-state index is 0.373. The molecule has 0 bridgehead atoms. The van der Waals surface area contributed by atoms with Crippen LogP contribution < -0.4 is 5.73 Å². The van der Waals surface area contributed by atoms with E-state index in [-0.39, 0.29) is 0 Å². The molecule has 0 amide bonds. The maximum absolute atomic E-state index is 5.84. The quantitative estimate of drug-likeness (QED) is 0.674. The van der Waals surface area contributed by atoms with Crippen LogP contribution in [0.2, 0.25) is 0 Å². The summed E-state index contributed by atoms with van der Waals surface area (Å²) < 4.78 is 0. The topological polar surface area (TPSA) is 26.0 Å². The predicted octanol–water partition coefficient (Wildman–Crippen LogP) is 3.43. The molecule has 2 N–H and O–H groups in total. The Balaban J connectivity index is 3.96. The standard InChI is InChI=1S/C12H27N/c1-10(2)6-7-12(5,9-13)8-11(3)4/h10-11H,6-9,13H2,1-5H3. The van der Waals surface area contributed by atoms with Gasteiger partial charge in [0.05, 0.1) is 0 Å². The Morgan fingerprint density at radius 1 is 1.08 bits per heavy atom. The lowest BCUT2D eigenvalue weighted by atomic mass is 9.77. The van der Waals surface area contributed by atoms with Crippen molar-refractivity contribution in [1.29, 1.82) is 0 Å². The van der Waals surface area contributed by atoms with Gasteiger partial charge in [-0.25, -0.2) is 0 Å². The van der Waals surface area contributed by atoms with Crippen LogP contribution in [0, 0.1) is 17.3 Å². The van der Waals surface area contributed by atoms with Crippen LogP contribution in [-0.4, -0.2) is 6.54 Å². The van der Waals surface area contributed by atoms with Gasteiger partial charge in [-0.1, -0.05) is 41.0 Å². The molecule has 13 heavy (non-hydrogen) atoms. The number of nitrogens with two attached hydrogens (primary N) is 1. The molecule has 1 nitrogen and oxygen atoms in total. The number of rotatable bonds is 6. The molecule has 0 radical (unpaired) electrons. The zero-order valence-corrected chi connectivity index (χ0v) is 10.1. The SMILES string of the molecule is CC(C)CCC(C)(CN)CC(C)C. The van der Waals surface area contributed by atoms with Gasteiger partial charge in [-0.15, -0.1) is 0 Å². The molecule has 0 fully saturated rings. The van der Waals surface area contributed by atoms with E-state index in [1.54, 1.807) is 0 Å². The Kier molecular flexibility index (Phi) is 5.62. The van der Waals surface area contributed by atoms with E-state index in [1.165, 1.54) is 19.3 Å². The second-order valence-electron chi connectivity index (χ2n) is 5.55. The first-order valence-corrected chi connectivity index (χ1v) is 5.59. The van der Waals surface area contributed by atoms with Gasteiger partial charge >= 0.3 is 0 Å². The fourth-order valence-corrected chi connectivity index (χ4v) is 1.91. The van der Waals surface area contributed by atoms with Gasteiger partial charge in [0, 0.05) is 0 Å². The molecule has 0 aromatic rings. The lowest BCUT2D eigenvalue weighted by Gasteiger charge is -2.30. The van der Waals surface area contributed by atoms with E-state index in [2.05, 4.69) is 34.6 Å². The van der Waals surface area contributed by atoms with Crippen molar-refractivity contribution in [2.45, 2.75) is 53.9 Å². The highest BCUT2D eigenvalue weighted by atomic mass is 14.6. The highest BCUT2D eigenvalue weighted by molar-refractivity contribution is 4.77. The van der Waals surface area contributed by atoms with Crippen LogP contribution in [0.5, 0.6) is 0 Å². The lowest BCUT2D eigenvalue weighted by Crippen LogP contribution is -2.29. The van der Waals surface area contributed by atoms with Crippen molar-refractivity contribution < 1.29 is 0 Å². The average Bonchev–Trinajstić information content (AvgIpc) is 2.00. The summed E-state index contributed by atoms with van der Waals surface area (Å²) in [5.74, 6) is 1.57. The maximum atomic E-state index is 5.84. The second-order valence-corrected chi connectivity index (χ2v) is 5.55. The highest BCUT2D eigenvalue weighted by Gasteiger charge is 2.23. The van der Waals surface area contributed by atoms with E-state index >= 15 is 0 Å². The van der Waals surface area contributed by atoms with Gasteiger partial charge in [-0.2, -0.15) is 0 Å². The monoisotopic (exact) mass is 185 g/mol. The van der Waals surface area contributed by atoms with Gasteiger partial charge in [0.1, 0.15) is 0 Å². The van der Waals surface area contributed by atoms with E-state index in [9.17, 15) is 0 Å². The van der Waals surface area contributed by atoms with Crippen molar-refractivity contribution in [3.05, 3.63) is 0 Å². The summed E-state index contributed by atoms with van der Waals surface area (Å²) in [4.78, 5) is 0. The zero-order valence-electron chi connectivity index (χ0n) is 10.1. The third kappa shape index (κ3) is 6.09. The van der Waals surface area contributed by atoms with E-state index in [4.69, 9.17) is 5.73 Å². The van der Waals surface area contributed by atoms with Crippen molar-refractivity contribution >= 4 is 0 Å². The summed E-state index contributed by atoms with van der Waals surface area (Å²) in [6.07, 6.45) is 3.84. The Morgan fingerprint density at radius 3 is 1.92 bits per heavy atom. The van der Waals surface area contributed by atoms with Crippen LogP contribution in [0.1, 0.15) is 53.9 Å². The van der Waals surface area contributed by atoms with Crippen molar-refractivity contribution in [1.82, 2.24) is 0 Å². The summed E-state index contributed by atoms with van der Waals surface area (Å²) >= 11 is 0. The van der Waals surface area contributed by atoms with Crippen LogP contribution in [0.25, 0.3) is 0 Å². The molecular formula is C12H27N. The third-order valence-electron chi connectivity index (χ3n) is 2.72. The molecule has 1 heteroatoms. The van der Waals surface area contributed by atoms with Crippen LogP contribution in [-0.2, 0) is 0 Å². The molecule has 0 saturated heterocycles. The van der Waals surface area contributed by atoms with Gasteiger partial charge in [0.25, 0.3) is 0 Å². The minimum Gasteiger partial charge on any atom is -0.330 e. The van der Waals surface area contributed by atoms with Gasteiger partial charge < -0.3 is 5.73 Å². The average molecular weight is 185 g/mol. The molecule has 0 aliphatic heterocycles. The molecule has 0 spiro atoms. The Morgan fingerprint density at radius 2 is 1.62 bits per heavy atom. The molecule has 1 unspecified atom stereocenters. The van der Waals surface area contributed by atoms with E-state index in [1.807, 2.05) is 0 Å². The van der Waals surface area contributed by atoms with E-state index in [0.29, 0.717) is 5.41 Å². The zero-order chi connectivity index (χ0) is 10.5. The number of hydrogen-bond donors (Lipinski definition) is 1. The number of hydrogen-bond acceptors (Lipinski definition) is 1. The van der Waals surface area contributed by atoms with Gasteiger partial charge in [0.15, 0.2) is 0 Å². The van der Waals surface area contributed by atoms with Crippen LogP contribution in [0.3, 0.4) is 0 Å². The van der Waals surface area contributed by atoms with E-state index < -0.39 is 0 Å². The van der Waals surface area contributed by atoms with Gasteiger partial charge in [-0.3, -0.25) is 0 Å². The van der Waals surface area contributed by atoms with Crippen molar-refractivity contribution in [2.24, 2.45) is 23.0 Å². The highest BCUT2D eigenvalue weighted by Crippen LogP contribution is 2.31. The van der Waals surface area contributed by atoms with Gasteiger partial charge in [-0.05, 0) is 36.6 Å². The molecule has 80 valence electrons. The molecule has 0 heterocycles. The van der Waals surface area contributed by atoms with Crippen LogP contribution in [0.4, 0.5) is 0 Å². The van der Waals surface area contributed by atoms with Crippen molar-refractivity contribution in [3.8, 4) is 0 Å². The first-order chi connectivity index (χ1) is 5.89. The second kappa shape index (κ2) is 5.64. The molecule has 0 aromatic carbocycles. The molecule has 0 aromatic heterocycles. The van der Waals surface area contributed by atoms with Crippen molar-refractivity contribution in [3.63, 3.8) is 0 Å². The lowest BCUT2D eigenvalue weighted by molar-refractivity contribution is 0.229.